The Morgan fingerprint density at radius 1 is 1.07 bits per heavy atom. The van der Waals surface area contributed by atoms with E-state index in [1.807, 2.05) is 13.8 Å². The SMILES string of the molecule is Cc1cc(NC(=O)c2ccccc2Cl)sc1C(=O)NCC(C)(C)c1ccccc1F. The molecule has 156 valence electrons. The number of hydrogen-bond acceptors (Lipinski definition) is 3. The van der Waals surface area contributed by atoms with E-state index in [2.05, 4.69) is 10.6 Å². The molecule has 3 aromatic rings. The van der Waals surface area contributed by atoms with Crippen molar-refractivity contribution in [1.82, 2.24) is 5.32 Å². The van der Waals surface area contributed by atoms with E-state index >= 15 is 0 Å². The molecule has 0 saturated carbocycles. The maximum absolute atomic E-state index is 14.1. The van der Waals surface area contributed by atoms with Gasteiger partial charge in [0.25, 0.3) is 11.8 Å². The van der Waals surface area contributed by atoms with Crippen molar-refractivity contribution < 1.29 is 14.0 Å². The van der Waals surface area contributed by atoms with Crippen LogP contribution in [0, 0.1) is 12.7 Å². The molecule has 0 aliphatic carbocycles. The van der Waals surface area contributed by atoms with Crippen LogP contribution in [0.5, 0.6) is 0 Å². The van der Waals surface area contributed by atoms with Crippen molar-refractivity contribution in [2.24, 2.45) is 0 Å². The van der Waals surface area contributed by atoms with Crippen molar-refractivity contribution in [3.05, 3.63) is 87.0 Å². The quantitative estimate of drug-likeness (QED) is 0.504. The zero-order valence-corrected chi connectivity index (χ0v) is 18.5. The van der Waals surface area contributed by atoms with E-state index in [4.69, 9.17) is 11.6 Å². The largest absolute Gasteiger partial charge is 0.350 e. The summed E-state index contributed by atoms with van der Waals surface area (Å²) in [5.74, 6) is -0.900. The lowest BCUT2D eigenvalue weighted by Gasteiger charge is -2.26. The smallest absolute Gasteiger partial charge is 0.261 e. The number of aryl methyl sites for hydroxylation is 1. The summed E-state index contributed by atoms with van der Waals surface area (Å²) in [7, 11) is 0. The molecule has 0 atom stereocenters. The summed E-state index contributed by atoms with van der Waals surface area (Å²) in [4.78, 5) is 25.7. The van der Waals surface area contributed by atoms with Gasteiger partial charge < -0.3 is 10.6 Å². The third-order valence-corrected chi connectivity index (χ3v) is 6.25. The Morgan fingerprint density at radius 2 is 1.73 bits per heavy atom. The fourth-order valence-corrected chi connectivity index (χ4v) is 4.29. The fourth-order valence-electron chi connectivity index (χ4n) is 3.08. The van der Waals surface area contributed by atoms with Crippen LogP contribution in [-0.4, -0.2) is 18.4 Å². The summed E-state index contributed by atoms with van der Waals surface area (Å²) in [6.45, 7) is 5.83. The van der Waals surface area contributed by atoms with Gasteiger partial charge in [-0.05, 0) is 42.3 Å². The number of hydrogen-bond donors (Lipinski definition) is 2. The average Bonchev–Trinajstić information content (AvgIpc) is 3.06. The fraction of sp³-hybridized carbons (Fsp3) is 0.217. The van der Waals surface area contributed by atoms with Crippen molar-refractivity contribution in [2.45, 2.75) is 26.2 Å². The third-order valence-electron chi connectivity index (χ3n) is 4.77. The van der Waals surface area contributed by atoms with Gasteiger partial charge in [0, 0.05) is 12.0 Å². The predicted octanol–water partition coefficient (Wildman–Crippen LogP) is 5.81. The first-order valence-electron chi connectivity index (χ1n) is 9.38. The lowest BCUT2D eigenvalue weighted by molar-refractivity contribution is 0.0948. The molecular formula is C23H22ClFN2O2S. The molecule has 0 unspecified atom stereocenters. The van der Waals surface area contributed by atoms with E-state index in [0.717, 1.165) is 5.56 Å². The summed E-state index contributed by atoms with van der Waals surface area (Å²) < 4.78 is 14.1. The molecule has 0 aliphatic heterocycles. The minimum Gasteiger partial charge on any atom is -0.350 e. The van der Waals surface area contributed by atoms with Gasteiger partial charge in [0.05, 0.1) is 20.5 Å². The number of halogens is 2. The van der Waals surface area contributed by atoms with Crippen molar-refractivity contribution in [2.75, 3.05) is 11.9 Å². The van der Waals surface area contributed by atoms with Gasteiger partial charge in [0.15, 0.2) is 0 Å². The molecule has 0 spiro atoms. The van der Waals surface area contributed by atoms with Crippen LogP contribution in [0.1, 0.15) is 45.0 Å². The predicted molar refractivity (Wildman–Crippen MR) is 120 cm³/mol. The van der Waals surface area contributed by atoms with Crippen LogP contribution in [-0.2, 0) is 5.41 Å². The lowest BCUT2D eigenvalue weighted by Crippen LogP contribution is -2.37. The number of amides is 2. The van der Waals surface area contributed by atoms with Gasteiger partial charge in [-0.15, -0.1) is 11.3 Å². The number of carbonyl (C=O) groups is 2. The average molecular weight is 445 g/mol. The molecule has 2 amide bonds. The lowest BCUT2D eigenvalue weighted by atomic mass is 9.84. The molecule has 30 heavy (non-hydrogen) atoms. The first-order valence-corrected chi connectivity index (χ1v) is 10.6. The van der Waals surface area contributed by atoms with Crippen LogP contribution in [0.15, 0.2) is 54.6 Å². The number of carbonyl (C=O) groups excluding carboxylic acids is 2. The minimum absolute atomic E-state index is 0.264. The van der Waals surface area contributed by atoms with Crippen molar-refractivity contribution in [3.63, 3.8) is 0 Å². The van der Waals surface area contributed by atoms with E-state index < -0.39 is 5.41 Å². The van der Waals surface area contributed by atoms with Gasteiger partial charge in [-0.1, -0.05) is 55.8 Å². The third kappa shape index (κ3) is 4.89. The molecule has 0 radical (unpaired) electrons. The van der Waals surface area contributed by atoms with Gasteiger partial charge in [0.1, 0.15) is 5.82 Å². The second-order valence-electron chi connectivity index (χ2n) is 7.60. The second-order valence-corrected chi connectivity index (χ2v) is 9.06. The molecule has 3 rings (SSSR count). The first-order chi connectivity index (χ1) is 14.2. The Hall–Kier alpha value is -2.70. The standard InChI is InChI=1S/C23H22ClFN2O2S/c1-14-12-19(27-21(28)15-8-4-6-10-17(15)24)30-20(14)22(29)26-13-23(2,3)16-9-5-7-11-18(16)25/h4-12H,13H2,1-3H3,(H,26,29)(H,27,28). The Balaban J connectivity index is 1.69. The van der Waals surface area contributed by atoms with Crippen LogP contribution < -0.4 is 10.6 Å². The van der Waals surface area contributed by atoms with E-state index in [0.29, 0.717) is 26.0 Å². The van der Waals surface area contributed by atoms with Gasteiger partial charge in [-0.25, -0.2) is 4.39 Å². The number of thiophene rings is 1. The number of nitrogens with one attached hydrogen (secondary N) is 2. The summed E-state index contributed by atoms with van der Waals surface area (Å²) in [5.41, 5.74) is 1.08. The zero-order chi connectivity index (χ0) is 21.9. The summed E-state index contributed by atoms with van der Waals surface area (Å²) in [5, 5.41) is 6.58. The van der Waals surface area contributed by atoms with Gasteiger partial charge in [0.2, 0.25) is 0 Å². The molecule has 1 heterocycles. The Labute approximate surface area is 184 Å². The highest BCUT2D eigenvalue weighted by Crippen LogP contribution is 2.29. The minimum atomic E-state index is -0.576. The van der Waals surface area contributed by atoms with Gasteiger partial charge in [-0.3, -0.25) is 9.59 Å². The van der Waals surface area contributed by atoms with Gasteiger partial charge >= 0.3 is 0 Å². The summed E-state index contributed by atoms with van der Waals surface area (Å²) in [6.07, 6.45) is 0. The van der Waals surface area contributed by atoms with Crippen LogP contribution in [0.4, 0.5) is 9.39 Å². The van der Waals surface area contributed by atoms with E-state index in [9.17, 15) is 14.0 Å². The molecule has 2 N–H and O–H groups in total. The Kier molecular flexibility index (Phi) is 6.58. The number of benzene rings is 2. The first kappa shape index (κ1) is 22.0. The highest BCUT2D eigenvalue weighted by Gasteiger charge is 2.25. The van der Waals surface area contributed by atoms with Crippen LogP contribution >= 0.6 is 22.9 Å². The maximum atomic E-state index is 14.1. The molecule has 4 nitrogen and oxygen atoms in total. The zero-order valence-electron chi connectivity index (χ0n) is 16.9. The maximum Gasteiger partial charge on any atom is 0.261 e. The molecule has 0 saturated heterocycles. The molecule has 0 fully saturated rings. The normalized spacial score (nSPS) is 11.2. The summed E-state index contributed by atoms with van der Waals surface area (Å²) >= 11 is 7.25. The Morgan fingerprint density at radius 3 is 2.43 bits per heavy atom. The second kappa shape index (κ2) is 8.98. The van der Waals surface area contributed by atoms with Crippen molar-refractivity contribution in [3.8, 4) is 0 Å². The molecule has 0 bridgehead atoms. The van der Waals surface area contributed by atoms with Crippen LogP contribution in [0.25, 0.3) is 0 Å². The molecular weight excluding hydrogens is 423 g/mol. The molecule has 0 aliphatic rings. The molecule has 1 aromatic heterocycles. The topological polar surface area (TPSA) is 58.2 Å². The van der Waals surface area contributed by atoms with Crippen LogP contribution in [0.3, 0.4) is 0 Å². The highest BCUT2D eigenvalue weighted by molar-refractivity contribution is 7.18. The number of rotatable bonds is 6. The van der Waals surface area contributed by atoms with E-state index in [1.165, 1.54) is 17.4 Å². The van der Waals surface area contributed by atoms with Crippen LogP contribution in [0.2, 0.25) is 5.02 Å². The monoisotopic (exact) mass is 444 g/mol. The van der Waals surface area contributed by atoms with Crippen molar-refractivity contribution >= 4 is 39.8 Å². The molecule has 7 heteroatoms. The Bertz CT molecular complexity index is 1090. The highest BCUT2D eigenvalue weighted by atomic mass is 35.5. The van der Waals surface area contributed by atoms with E-state index in [1.54, 1.807) is 55.5 Å². The van der Waals surface area contributed by atoms with Crippen molar-refractivity contribution in [1.29, 1.82) is 0 Å². The van der Waals surface area contributed by atoms with Gasteiger partial charge in [-0.2, -0.15) is 0 Å². The van der Waals surface area contributed by atoms with E-state index in [-0.39, 0.29) is 24.2 Å². The number of anilines is 1. The molecule has 2 aromatic carbocycles. The summed E-state index contributed by atoms with van der Waals surface area (Å²) in [6, 6.07) is 15.1.